The van der Waals surface area contributed by atoms with Crippen molar-refractivity contribution < 1.29 is 28.7 Å². The van der Waals surface area contributed by atoms with Gasteiger partial charge in [-0.2, -0.15) is 0 Å². The van der Waals surface area contributed by atoms with Gasteiger partial charge in [-0.05, 0) is 92.7 Å². The van der Waals surface area contributed by atoms with Gasteiger partial charge in [-0.25, -0.2) is 9.69 Å². The van der Waals surface area contributed by atoms with E-state index < -0.39 is 17.8 Å². The normalized spacial score (nSPS) is 12.9. The van der Waals surface area contributed by atoms with E-state index >= 15 is 0 Å². The first kappa shape index (κ1) is 29.1. The number of benzene rings is 4. The molecule has 0 atom stereocenters. The molecule has 3 amide bonds. The smallest absolute Gasteiger partial charge is 0.338 e. The highest BCUT2D eigenvalue weighted by Crippen LogP contribution is 2.31. The molecule has 43 heavy (non-hydrogen) atoms. The van der Waals surface area contributed by atoms with Crippen LogP contribution in [0.25, 0.3) is 0 Å². The molecule has 1 aliphatic rings. The highest BCUT2D eigenvalue weighted by Gasteiger charge is 2.39. The number of esters is 1. The molecular formula is C33H26ClN3O6. The molecule has 0 aromatic heterocycles. The van der Waals surface area contributed by atoms with E-state index in [4.69, 9.17) is 21.1 Å². The Bertz CT molecular complexity index is 1720. The molecule has 9 nitrogen and oxygen atoms in total. The average molecular weight is 596 g/mol. The van der Waals surface area contributed by atoms with Crippen molar-refractivity contribution in [3.8, 4) is 11.5 Å². The van der Waals surface area contributed by atoms with Gasteiger partial charge in [0.15, 0.2) is 0 Å². The Kier molecular flexibility index (Phi) is 8.54. The maximum Gasteiger partial charge on any atom is 0.338 e. The SMILES string of the molecule is CC(C)OC(=O)c1ccc(N2C(=O)C(Cl)=C(Nc3cccc(C(=O)Nc4ccc(Oc5ccccc5)cc4)c3)C2=O)cc1. The molecule has 0 spiro atoms. The van der Waals surface area contributed by atoms with Gasteiger partial charge in [-0.15, -0.1) is 0 Å². The lowest BCUT2D eigenvalue weighted by Gasteiger charge is -2.16. The van der Waals surface area contributed by atoms with Crippen molar-refractivity contribution in [3.63, 3.8) is 0 Å². The molecule has 0 aliphatic carbocycles. The predicted molar refractivity (Wildman–Crippen MR) is 163 cm³/mol. The lowest BCUT2D eigenvalue weighted by Crippen LogP contribution is -2.32. The molecule has 5 rings (SSSR count). The molecule has 0 saturated carbocycles. The van der Waals surface area contributed by atoms with Crippen molar-refractivity contribution in [1.29, 1.82) is 0 Å². The summed E-state index contributed by atoms with van der Waals surface area (Å²) in [5.74, 6) is -0.981. The van der Waals surface area contributed by atoms with Gasteiger partial charge in [0.1, 0.15) is 22.2 Å². The van der Waals surface area contributed by atoms with E-state index in [2.05, 4.69) is 10.6 Å². The van der Waals surface area contributed by atoms with Crippen molar-refractivity contribution in [2.24, 2.45) is 0 Å². The van der Waals surface area contributed by atoms with Crippen LogP contribution in [-0.4, -0.2) is 29.8 Å². The number of para-hydroxylation sites is 1. The topological polar surface area (TPSA) is 114 Å². The summed E-state index contributed by atoms with van der Waals surface area (Å²) in [5.41, 5.74) is 1.62. The Hall–Kier alpha value is -5.41. The summed E-state index contributed by atoms with van der Waals surface area (Å²) < 4.78 is 10.9. The van der Waals surface area contributed by atoms with Crippen LogP contribution in [0.1, 0.15) is 34.6 Å². The molecule has 216 valence electrons. The van der Waals surface area contributed by atoms with Gasteiger partial charge in [0, 0.05) is 16.9 Å². The fourth-order valence-electron chi connectivity index (χ4n) is 4.19. The number of imide groups is 1. The second-order valence-corrected chi connectivity index (χ2v) is 10.1. The molecule has 2 N–H and O–H groups in total. The number of ether oxygens (including phenoxy) is 2. The second-order valence-electron chi connectivity index (χ2n) is 9.74. The minimum absolute atomic E-state index is 0.137. The van der Waals surface area contributed by atoms with Crippen molar-refractivity contribution in [2.45, 2.75) is 20.0 Å². The molecule has 0 fully saturated rings. The third-order valence-corrected chi connectivity index (χ3v) is 6.57. The number of nitrogens with one attached hydrogen (secondary N) is 2. The van der Waals surface area contributed by atoms with Gasteiger partial charge in [0.2, 0.25) is 0 Å². The van der Waals surface area contributed by atoms with E-state index in [1.54, 1.807) is 56.3 Å². The largest absolute Gasteiger partial charge is 0.459 e. The number of amides is 3. The highest BCUT2D eigenvalue weighted by atomic mass is 35.5. The fourth-order valence-corrected chi connectivity index (χ4v) is 4.40. The van der Waals surface area contributed by atoms with Crippen LogP contribution in [0.15, 0.2) is 114 Å². The molecule has 0 unspecified atom stereocenters. The van der Waals surface area contributed by atoms with Crippen molar-refractivity contribution in [1.82, 2.24) is 0 Å². The number of nitrogens with zero attached hydrogens (tertiary/aromatic N) is 1. The fraction of sp³-hybridized carbons (Fsp3) is 0.0909. The van der Waals surface area contributed by atoms with E-state index in [-0.39, 0.29) is 34.0 Å². The minimum Gasteiger partial charge on any atom is -0.459 e. The first-order valence-corrected chi connectivity index (χ1v) is 13.7. The number of hydrogen-bond acceptors (Lipinski definition) is 7. The van der Waals surface area contributed by atoms with Crippen LogP contribution in [0.3, 0.4) is 0 Å². The molecule has 1 heterocycles. The lowest BCUT2D eigenvalue weighted by molar-refractivity contribution is -0.120. The average Bonchev–Trinajstić information content (AvgIpc) is 3.21. The van der Waals surface area contributed by atoms with Crippen LogP contribution in [0.2, 0.25) is 0 Å². The van der Waals surface area contributed by atoms with Gasteiger partial charge in [-0.1, -0.05) is 35.9 Å². The third-order valence-electron chi connectivity index (χ3n) is 6.22. The number of halogens is 1. The van der Waals surface area contributed by atoms with Crippen molar-refractivity contribution in [3.05, 3.63) is 125 Å². The number of rotatable bonds is 9. The van der Waals surface area contributed by atoms with Gasteiger partial charge >= 0.3 is 5.97 Å². The molecule has 10 heteroatoms. The number of carbonyl (C=O) groups is 4. The quantitative estimate of drug-likeness (QED) is 0.163. The summed E-state index contributed by atoms with van der Waals surface area (Å²) in [6, 6.07) is 28.6. The minimum atomic E-state index is -0.722. The zero-order valence-corrected chi connectivity index (χ0v) is 23.9. The summed E-state index contributed by atoms with van der Waals surface area (Å²) in [6.07, 6.45) is -0.290. The van der Waals surface area contributed by atoms with Gasteiger partial charge < -0.3 is 20.1 Å². The zero-order valence-electron chi connectivity index (χ0n) is 23.2. The summed E-state index contributed by atoms with van der Waals surface area (Å²) in [6.45, 7) is 3.47. The van der Waals surface area contributed by atoms with E-state index in [9.17, 15) is 19.2 Å². The molecule has 0 radical (unpaired) electrons. The zero-order chi connectivity index (χ0) is 30.5. The van der Waals surface area contributed by atoms with Crippen molar-refractivity contribution >= 4 is 52.4 Å². The number of anilines is 3. The van der Waals surface area contributed by atoms with E-state index in [1.165, 1.54) is 30.3 Å². The first-order chi connectivity index (χ1) is 20.7. The Balaban J connectivity index is 1.24. The van der Waals surface area contributed by atoms with E-state index in [0.717, 1.165) is 4.90 Å². The Morgan fingerprint density at radius 1 is 0.744 bits per heavy atom. The second kappa shape index (κ2) is 12.6. The Morgan fingerprint density at radius 2 is 1.42 bits per heavy atom. The maximum atomic E-state index is 13.2. The van der Waals surface area contributed by atoms with Crippen LogP contribution in [0.4, 0.5) is 17.1 Å². The molecule has 4 aromatic carbocycles. The summed E-state index contributed by atoms with van der Waals surface area (Å²) >= 11 is 6.27. The van der Waals surface area contributed by atoms with Crippen molar-refractivity contribution in [2.75, 3.05) is 15.5 Å². The standard InChI is InChI=1S/C33H26ClN3O6/c1-20(2)42-33(41)21-11-15-25(16-12-21)37-31(39)28(34)29(32(37)40)35-24-8-6-7-22(19-24)30(38)36-23-13-17-27(18-14-23)43-26-9-4-3-5-10-26/h3-20,35H,1-2H3,(H,36,38). The predicted octanol–water partition coefficient (Wildman–Crippen LogP) is 6.73. The van der Waals surface area contributed by atoms with Gasteiger partial charge in [0.05, 0.1) is 17.4 Å². The lowest BCUT2D eigenvalue weighted by atomic mass is 10.1. The molecule has 0 saturated heterocycles. The maximum absolute atomic E-state index is 13.2. The summed E-state index contributed by atoms with van der Waals surface area (Å²) in [7, 11) is 0. The number of carbonyl (C=O) groups excluding carboxylic acids is 4. The Morgan fingerprint density at radius 3 is 2.09 bits per heavy atom. The van der Waals surface area contributed by atoms with Crippen LogP contribution >= 0.6 is 11.6 Å². The summed E-state index contributed by atoms with van der Waals surface area (Å²) in [5, 5.41) is 5.40. The van der Waals surface area contributed by atoms with Crippen LogP contribution in [-0.2, 0) is 14.3 Å². The first-order valence-electron chi connectivity index (χ1n) is 13.3. The molecule has 4 aromatic rings. The van der Waals surface area contributed by atoms with Crippen LogP contribution < -0.4 is 20.3 Å². The highest BCUT2D eigenvalue weighted by molar-refractivity contribution is 6.53. The van der Waals surface area contributed by atoms with Crippen LogP contribution in [0, 0.1) is 0 Å². The van der Waals surface area contributed by atoms with E-state index in [0.29, 0.717) is 28.4 Å². The third kappa shape index (κ3) is 6.74. The number of hydrogen-bond donors (Lipinski definition) is 2. The van der Waals surface area contributed by atoms with Gasteiger partial charge in [-0.3, -0.25) is 14.4 Å². The Labute approximate surface area is 252 Å². The molecule has 0 bridgehead atoms. The van der Waals surface area contributed by atoms with Gasteiger partial charge in [0.25, 0.3) is 17.7 Å². The summed E-state index contributed by atoms with van der Waals surface area (Å²) in [4.78, 5) is 52.1. The van der Waals surface area contributed by atoms with Crippen LogP contribution in [0.5, 0.6) is 11.5 Å². The molecular weight excluding hydrogens is 570 g/mol. The monoisotopic (exact) mass is 595 g/mol. The molecule has 1 aliphatic heterocycles. The van der Waals surface area contributed by atoms with E-state index in [1.807, 2.05) is 30.3 Å².